The largest absolute Gasteiger partial charge is 0.394 e. The highest BCUT2D eigenvalue weighted by Crippen LogP contribution is 2.26. The van der Waals surface area contributed by atoms with E-state index >= 15 is 0 Å². The number of aromatic nitrogens is 1. The van der Waals surface area contributed by atoms with Crippen LogP contribution in [0.15, 0.2) is 16.7 Å². The zero-order chi connectivity index (χ0) is 12.3. The highest BCUT2D eigenvalue weighted by Gasteiger charge is 2.22. The summed E-state index contributed by atoms with van der Waals surface area (Å²) in [6.07, 6.45) is 6.54. The van der Waals surface area contributed by atoms with Crippen LogP contribution in [-0.4, -0.2) is 29.3 Å². The van der Waals surface area contributed by atoms with Crippen LogP contribution in [0.5, 0.6) is 0 Å². The van der Waals surface area contributed by atoms with E-state index in [0.29, 0.717) is 0 Å². The van der Waals surface area contributed by atoms with Gasteiger partial charge in [0.1, 0.15) is 5.82 Å². The van der Waals surface area contributed by atoms with Crippen molar-refractivity contribution in [2.45, 2.75) is 38.6 Å². The molecule has 1 atom stereocenters. The lowest BCUT2D eigenvalue weighted by molar-refractivity contribution is 0.254. The fraction of sp³-hybridized carbons (Fsp3) is 0.615. The van der Waals surface area contributed by atoms with Gasteiger partial charge in [-0.05, 0) is 47.3 Å². The predicted molar refractivity (Wildman–Crippen MR) is 73.4 cm³/mol. The molecule has 1 unspecified atom stereocenters. The smallest absolute Gasteiger partial charge is 0.131 e. The molecule has 0 aromatic carbocycles. The third-order valence-electron chi connectivity index (χ3n) is 3.38. The van der Waals surface area contributed by atoms with E-state index in [1.54, 1.807) is 0 Å². The van der Waals surface area contributed by atoms with Crippen LogP contribution in [0.3, 0.4) is 0 Å². The molecule has 1 aromatic rings. The minimum atomic E-state index is 0.219. The first kappa shape index (κ1) is 12.8. The zero-order valence-corrected chi connectivity index (χ0v) is 11.8. The molecule has 1 aliphatic heterocycles. The quantitative estimate of drug-likeness (QED) is 0.912. The number of nitrogens with zero attached hydrogens (tertiary/aromatic N) is 2. The second-order valence-corrected chi connectivity index (χ2v) is 5.59. The summed E-state index contributed by atoms with van der Waals surface area (Å²) in [6.45, 7) is 3.30. The van der Waals surface area contributed by atoms with Crippen molar-refractivity contribution in [3.63, 3.8) is 0 Å². The summed E-state index contributed by atoms with van der Waals surface area (Å²) in [5.74, 6) is 1.02. The fourth-order valence-electron chi connectivity index (χ4n) is 2.48. The summed E-state index contributed by atoms with van der Waals surface area (Å²) >= 11 is 3.44. The SMILES string of the molecule is Cc1cc(Br)cnc1N1CCCCCC1CO. The average Bonchev–Trinajstić information content (AvgIpc) is 2.54. The van der Waals surface area contributed by atoms with Crippen LogP contribution in [0.25, 0.3) is 0 Å². The summed E-state index contributed by atoms with van der Waals surface area (Å²) < 4.78 is 1.01. The highest BCUT2D eigenvalue weighted by molar-refractivity contribution is 9.10. The molecule has 1 fully saturated rings. The lowest BCUT2D eigenvalue weighted by Crippen LogP contribution is -2.38. The molecule has 0 amide bonds. The maximum Gasteiger partial charge on any atom is 0.131 e. The third-order valence-corrected chi connectivity index (χ3v) is 3.81. The summed E-state index contributed by atoms with van der Waals surface area (Å²) in [7, 11) is 0. The summed E-state index contributed by atoms with van der Waals surface area (Å²) in [5, 5.41) is 9.51. The van der Waals surface area contributed by atoms with Crippen LogP contribution >= 0.6 is 15.9 Å². The predicted octanol–water partition coefficient (Wildman–Crippen LogP) is 2.89. The zero-order valence-electron chi connectivity index (χ0n) is 10.2. The molecule has 1 N–H and O–H groups in total. The Bertz CT molecular complexity index is 384. The maximum atomic E-state index is 9.51. The van der Waals surface area contributed by atoms with Crippen LogP contribution in [0.2, 0.25) is 0 Å². The molecule has 0 saturated carbocycles. The van der Waals surface area contributed by atoms with Crippen molar-refractivity contribution in [1.29, 1.82) is 0 Å². The molecule has 2 heterocycles. The van der Waals surface area contributed by atoms with E-state index < -0.39 is 0 Å². The molecule has 0 bridgehead atoms. The van der Waals surface area contributed by atoms with Gasteiger partial charge in [0.05, 0.1) is 12.6 Å². The van der Waals surface area contributed by atoms with Gasteiger partial charge in [-0.2, -0.15) is 0 Å². The molecule has 1 aliphatic rings. The number of aliphatic hydroxyl groups excluding tert-OH is 1. The van der Waals surface area contributed by atoms with Gasteiger partial charge < -0.3 is 10.0 Å². The average molecular weight is 299 g/mol. The minimum absolute atomic E-state index is 0.219. The molecular formula is C13H19BrN2O. The van der Waals surface area contributed by atoms with Crippen LogP contribution in [0.4, 0.5) is 5.82 Å². The molecule has 2 rings (SSSR count). The van der Waals surface area contributed by atoms with E-state index in [4.69, 9.17) is 0 Å². The fourth-order valence-corrected chi connectivity index (χ4v) is 2.93. The Morgan fingerprint density at radius 1 is 1.47 bits per heavy atom. The number of hydrogen-bond donors (Lipinski definition) is 1. The van der Waals surface area contributed by atoms with E-state index in [-0.39, 0.29) is 12.6 Å². The van der Waals surface area contributed by atoms with E-state index in [0.717, 1.165) is 23.3 Å². The third kappa shape index (κ3) is 2.99. The second-order valence-electron chi connectivity index (χ2n) is 4.67. The van der Waals surface area contributed by atoms with Crippen molar-refractivity contribution in [2.24, 2.45) is 0 Å². The minimum Gasteiger partial charge on any atom is -0.394 e. The molecule has 0 spiro atoms. The van der Waals surface area contributed by atoms with Gasteiger partial charge in [0.25, 0.3) is 0 Å². The van der Waals surface area contributed by atoms with Crippen molar-refractivity contribution >= 4 is 21.7 Å². The molecule has 0 aliphatic carbocycles. The number of hydrogen-bond acceptors (Lipinski definition) is 3. The van der Waals surface area contributed by atoms with Crippen molar-refractivity contribution in [3.8, 4) is 0 Å². The van der Waals surface area contributed by atoms with E-state index in [1.807, 2.05) is 6.20 Å². The Balaban J connectivity index is 2.28. The van der Waals surface area contributed by atoms with Gasteiger partial charge >= 0.3 is 0 Å². The second kappa shape index (κ2) is 5.83. The van der Waals surface area contributed by atoms with Gasteiger partial charge in [0, 0.05) is 17.2 Å². The van der Waals surface area contributed by atoms with E-state index in [9.17, 15) is 5.11 Å². The number of aryl methyl sites for hydroxylation is 1. The summed E-state index contributed by atoms with van der Waals surface area (Å²) in [5.41, 5.74) is 1.17. The number of rotatable bonds is 2. The molecule has 17 heavy (non-hydrogen) atoms. The van der Waals surface area contributed by atoms with Gasteiger partial charge in [-0.1, -0.05) is 12.8 Å². The van der Waals surface area contributed by atoms with Crippen molar-refractivity contribution in [3.05, 3.63) is 22.3 Å². The number of anilines is 1. The maximum absolute atomic E-state index is 9.51. The number of aliphatic hydroxyl groups is 1. The van der Waals surface area contributed by atoms with Crippen LogP contribution in [0, 0.1) is 6.92 Å². The van der Waals surface area contributed by atoms with Gasteiger partial charge in [-0.3, -0.25) is 0 Å². The Morgan fingerprint density at radius 3 is 3.00 bits per heavy atom. The number of halogens is 1. The lowest BCUT2D eigenvalue weighted by Gasteiger charge is -2.30. The van der Waals surface area contributed by atoms with Crippen LogP contribution in [-0.2, 0) is 0 Å². The Hall–Kier alpha value is -0.610. The van der Waals surface area contributed by atoms with Gasteiger partial charge in [-0.25, -0.2) is 4.98 Å². The first-order valence-electron chi connectivity index (χ1n) is 6.22. The summed E-state index contributed by atoms with van der Waals surface area (Å²) in [4.78, 5) is 6.78. The van der Waals surface area contributed by atoms with Crippen LogP contribution < -0.4 is 4.90 Å². The molecule has 1 saturated heterocycles. The van der Waals surface area contributed by atoms with Gasteiger partial charge in [0.2, 0.25) is 0 Å². The standard InChI is InChI=1S/C13H19BrN2O/c1-10-7-11(14)8-15-13(10)16-6-4-2-3-5-12(16)9-17/h7-8,12,17H,2-6,9H2,1H3. The molecule has 94 valence electrons. The molecule has 3 nitrogen and oxygen atoms in total. The molecule has 0 radical (unpaired) electrons. The van der Waals surface area contributed by atoms with Crippen molar-refractivity contribution < 1.29 is 5.11 Å². The molecular weight excluding hydrogens is 280 g/mol. The first-order valence-corrected chi connectivity index (χ1v) is 7.01. The van der Waals surface area contributed by atoms with Crippen molar-refractivity contribution in [1.82, 2.24) is 4.98 Å². The topological polar surface area (TPSA) is 36.4 Å². The van der Waals surface area contributed by atoms with Gasteiger partial charge in [-0.15, -0.1) is 0 Å². The highest BCUT2D eigenvalue weighted by atomic mass is 79.9. The van der Waals surface area contributed by atoms with E-state index in [1.165, 1.54) is 24.8 Å². The van der Waals surface area contributed by atoms with E-state index in [2.05, 4.69) is 38.8 Å². The van der Waals surface area contributed by atoms with Gasteiger partial charge in [0.15, 0.2) is 0 Å². The Kier molecular flexibility index (Phi) is 4.40. The Morgan fingerprint density at radius 2 is 2.29 bits per heavy atom. The Labute approximate surface area is 111 Å². The monoisotopic (exact) mass is 298 g/mol. The van der Waals surface area contributed by atoms with Crippen molar-refractivity contribution in [2.75, 3.05) is 18.1 Å². The number of pyridine rings is 1. The summed E-state index contributed by atoms with van der Waals surface area (Å²) in [6, 6.07) is 2.31. The molecule has 4 heteroatoms. The molecule has 1 aromatic heterocycles. The normalized spacial score (nSPS) is 21.4. The van der Waals surface area contributed by atoms with Crippen LogP contribution in [0.1, 0.15) is 31.2 Å². The lowest BCUT2D eigenvalue weighted by atomic mass is 10.1. The first-order chi connectivity index (χ1) is 8.22.